The highest BCUT2D eigenvalue weighted by molar-refractivity contribution is 7.15. The molecular formula is C25H32N2O4S. The molecule has 7 heteroatoms. The topological polar surface area (TPSA) is 83.6 Å². The van der Waals surface area contributed by atoms with Crippen LogP contribution in [-0.4, -0.2) is 22.1 Å². The van der Waals surface area contributed by atoms with Crippen LogP contribution in [0.4, 0.5) is 5.69 Å². The summed E-state index contributed by atoms with van der Waals surface area (Å²) in [5.74, 6) is 6.31. The number of rotatable bonds is 5. The van der Waals surface area contributed by atoms with E-state index >= 15 is 0 Å². The zero-order valence-electron chi connectivity index (χ0n) is 19.7. The smallest absolute Gasteiger partial charge is 0.348 e. The van der Waals surface area contributed by atoms with Gasteiger partial charge in [-0.15, -0.1) is 11.3 Å². The molecule has 2 aromatic heterocycles. The molecule has 2 heterocycles. The van der Waals surface area contributed by atoms with E-state index in [1.165, 1.54) is 0 Å². The second-order valence-corrected chi connectivity index (χ2v) is 10.9. The first-order valence-corrected chi connectivity index (χ1v) is 11.9. The molecule has 0 unspecified atom stereocenters. The van der Waals surface area contributed by atoms with E-state index in [2.05, 4.69) is 23.9 Å². The molecule has 0 radical (unpaired) electrons. The molecule has 172 valence electrons. The van der Waals surface area contributed by atoms with Gasteiger partial charge in [0, 0.05) is 16.9 Å². The van der Waals surface area contributed by atoms with Crippen LogP contribution in [0.2, 0.25) is 0 Å². The summed E-state index contributed by atoms with van der Waals surface area (Å²) in [5, 5.41) is 13.9. The van der Waals surface area contributed by atoms with Crippen molar-refractivity contribution < 1.29 is 19.2 Å². The minimum Gasteiger partial charge on any atom is -0.477 e. The van der Waals surface area contributed by atoms with E-state index in [9.17, 15) is 14.7 Å². The lowest BCUT2D eigenvalue weighted by Gasteiger charge is -2.31. The van der Waals surface area contributed by atoms with Crippen molar-refractivity contribution in [3.8, 4) is 11.8 Å². The Morgan fingerprint density at radius 2 is 1.91 bits per heavy atom. The molecular weight excluding hydrogens is 424 g/mol. The summed E-state index contributed by atoms with van der Waals surface area (Å²) < 4.78 is 5.31. The molecule has 0 aliphatic heterocycles. The highest BCUT2D eigenvalue weighted by Gasteiger charge is 2.33. The fourth-order valence-electron chi connectivity index (χ4n) is 3.94. The molecule has 2 aromatic rings. The van der Waals surface area contributed by atoms with Crippen molar-refractivity contribution in [3.05, 3.63) is 32.8 Å². The Balaban J connectivity index is 2.05. The van der Waals surface area contributed by atoms with Crippen LogP contribution in [0.5, 0.6) is 0 Å². The molecule has 1 fully saturated rings. The van der Waals surface area contributed by atoms with E-state index in [0.717, 1.165) is 42.6 Å². The lowest BCUT2D eigenvalue weighted by atomic mass is 9.82. The van der Waals surface area contributed by atoms with Crippen LogP contribution in [0.15, 0.2) is 10.6 Å². The summed E-state index contributed by atoms with van der Waals surface area (Å²) in [7, 11) is 0. The van der Waals surface area contributed by atoms with Crippen molar-refractivity contribution in [3.63, 3.8) is 0 Å². The van der Waals surface area contributed by atoms with Gasteiger partial charge in [0.1, 0.15) is 10.6 Å². The zero-order chi connectivity index (χ0) is 23.6. The Bertz CT molecular complexity index is 1040. The summed E-state index contributed by atoms with van der Waals surface area (Å²) in [5.41, 5.74) is 1.72. The Labute approximate surface area is 194 Å². The van der Waals surface area contributed by atoms with Gasteiger partial charge >= 0.3 is 5.97 Å². The molecule has 32 heavy (non-hydrogen) atoms. The molecule has 1 N–H and O–H groups in total. The highest BCUT2D eigenvalue weighted by Crippen LogP contribution is 2.36. The van der Waals surface area contributed by atoms with Crippen LogP contribution in [-0.2, 0) is 11.3 Å². The fraction of sp³-hybridized carbons (Fsp3) is 0.560. The molecule has 0 spiro atoms. The summed E-state index contributed by atoms with van der Waals surface area (Å²) in [6.07, 6.45) is 3.66. The maximum atomic E-state index is 13.7. The maximum Gasteiger partial charge on any atom is 0.348 e. The number of hydrogen-bond acceptors (Lipinski definition) is 5. The number of carboxylic acid groups (broad SMARTS) is 1. The Morgan fingerprint density at radius 1 is 1.25 bits per heavy atom. The van der Waals surface area contributed by atoms with Crippen molar-refractivity contribution in [1.29, 1.82) is 0 Å². The van der Waals surface area contributed by atoms with E-state index in [0.29, 0.717) is 27.9 Å². The highest BCUT2D eigenvalue weighted by atomic mass is 32.1. The van der Waals surface area contributed by atoms with Crippen LogP contribution in [0.1, 0.15) is 84.9 Å². The lowest BCUT2D eigenvalue weighted by molar-refractivity contribution is -0.123. The zero-order valence-corrected chi connectivity index (χ0v) is 20.6. The van der Waals surface area contributed by atoms with Crippen molar-refractivity contribution in [2.75, 3.05) is 4.90 Å². The van der Waals surface area contributed by atoms with Gasteiger partial charge in [-0.3, -0.25) is 4.79 Å². The van der Waals surface area contributed by atoms with Crippen LogP contribution in [0, 0.1) is 42.9 Å². The first kappa shape index (κ1) is 24.1. The molecule has 0 bridgehead atoms. The van der Waals surface area contributed by atoms with Crippen LogP contribution in [0.3, 0.4) is 0 Å². The number of carbonyl (C=O) groups excluding carboxylic acids is 1. The normalized spacial score (nSPS) is 18.7. The molecule has 6 nitrogen and oxygen atoms in total. The first-order chi connectivity index (χ1) is 15.0. The summed E-state index contributed by atoms with van der Waals surface area (Å²) in [4.78, 5) is 28.2. The number of aromatic nitrogens is 1. The van der Waals surface area contributed by atoms with E-state index in [-0.39, 0.29) is 28.7 Å². The summed E-state index contributed by atoms with van der Waals surface area (Å²) >= 11 is 1.12. The van der Waals surface area contributed by atoms with Gasteiger partial charge in [0.2, 0.25) is 5.91 Å². The van der Waals surface area contributed by atoms with Crippen molar-refractivity contribution >= 4 is 28.9 Å². The van der Waals surface area contributed by atoms with Crippen LogP contribution >= 0.6 is 11.3 Å². The molecule has 1 saturated carbocycles. The molecule has 1 amide bonds. The predicted octanol–water partition coefficient (Wildman–Crippen LogP) is 5.81. The third-order valence-corrected chi connectivity index (χ3v) is 6.91. The number of carboxylic acids is 1. The molecule has 1 aliphatic rings. The Kier molecular flexibility index (Phi) is 7.14. The first-order valence-electron chi connectivity index (χ1n) is 11.1. The van der Waals surface area contributed by atoms with Gasteiger partial charge in [0.05, 0.1) is 22.8 Å². The Hall–Kier alpha value is -2.59. The second kappa shape index (κ2) is 9.50. The SMILES string of the molecule is Cc1noc(C)c1CN(c1cc(C#CC(C)(C)C)sc1C(=O)O)C(=O)[C@H]1CC[C@H](C)CC1. The number of hydrogen-bond donors (Lipinski definition) is 1. The van der Waals surface area contributed by atoms with Gasteiger partial charge < -0.3 is 14.5 Å². The molecule has 0 atom stereocenters. The summed E-state index contributed by atoms with van der Waals surface area (Å²) in [6.45, 7) is 12.1. The van der Waals surface area contributed by atoms with Gasteiger partial charge in [0.25, 0.3) is 0 Å². The van der Waals surface area contributed by atoms with Crippen molar-refractivity contribution in [2.24, 2.45) is 17.3 Å². The van der Waals surface area contributed by atoms with E-state index in [4.69, 9.17) is 4.52 Å². The number of amides is 1. The average Bonchev–Trinajstić information content (AvgIpc) is 3.28. The van der Waals surface area contributed by atoms with Gasteiger partial charge in [-0.1, -0.05) is 23.9 Å². The monoisotopic (exact) mass is 456 g/mol. The van der Waals surface area contributed by atoms with Crippen LogP contribution < -0.4 is 4.90 Å². The number of anilines is 1. The summed E-state index contributed by atoms with van der Waals surface area (Å²) in [6, 6.07) is 1.74. The third-order valence-electron chi connectivity index (χ3n) is 5.89. The quantitative estimate of drug-likeness (QED) is 0.574. The number of thiophene rings is 1. The van der Waals surface area contributed by atoms with Crippen LogP contribution in [0.25, 0.3) is 0 Å². The second-order valence-electron chi connectivity index (χ2n) is 9.81. The van der Waals surface area contributed by atoms with E-state index in [1.807, 2.05) is 34.6 Å². The third kappa shape index (κ3) is 5.60. The van der Waals surface area contributed by atoms with Gasteiger partial charge in [-0.25, -0.2) is 4.79 Å². The molecule has 3 rings (SSSR count). The number of carbonyl (C=O) groups is 2. The largest absolute Gasteiger partial charge is 0.477 e. The van der Waals surface area contributed by atoms with Gasteiger partial charge in [-0.2, -0.15) is 0 Å². The fourth-order valence-corrected chi connectivity index (χ4v) is 4.79. The Morgan fingerprint density at radius 3 is 2.44 bits per heavy atom. The standard InChI is InChI=1S/C25H32N2O4S/c1-15-7-9-18(10-8-15)23(28)27(14-20-16(2)26-31-17(20)3)21-13-19(11-12-25(4,5)6)32-22(21)24(29)30/h13,15,18H,7-10,14H2,1-6H3,(H,29,30)/t15-,18-. The van der Waals surface area contributed by atoms with Crippen molar-refractivity contribution in [2.45, 2.75) is 73.8 Å². The lowest BCUT2D eigenvalue weighted by Crippen LogP contribution is -2.38. The number of aryl methyl sites for hydroxylation is 2. The maximum absolute atomic E-state index is 13.7. The minimum atomic E-state index is -1.05. The predicted molar refractivity (Wildman–Crippen MR) is 126 cm³/mol. The van der Waals surface area contributed by atoms with Gasteiger partial charge in [0.15, 0.2) is 0 Å². The number of nitrogens with zero attached hydrogens (tertiary/aromatic N) is 2. The average molecular weight is 457 g/mol. The van der Waals surface area contributed by atoms with E-state index < -0.39 is 5.97 Å². The number of aromatic carboxylic acids is 1. The van der Waals surface area contributed by atoms with Crippen molar-refractivity contribution in [1.82, 2.24) is 5.16 Å². The minimum absolute atomic E-state index is 0.0347. The molecule has 0 saturated heterocycles. The molecule has 1 aliphatic carbocycles. The van der Waals surface area contributed by atoms with E-state index in [1.54, 1.807) is 11.0 Å². The molecule has 0 aromatic carbocycles. The van der Waals surface area contributed by atoms with Gasteiger partial charge in [-0.05, 0) is 72.3 Å².